The van der Waals surface area contributed by atoms with E-state index in [-0.39, 0.29) is 11.9 Å². The van der Waals surface area contributed by atoms with Crippen LogP contribution in [-0.4, -0.2) is 11.7 Å². The largest absolute Gasteiger partial charge is 0.343 e. The van der Waals surface area contributed by atoms with Crippen LogP contribution in [-0.2, 0) is 9.63 Å². The van der Waals surface area contributed by atoms with E-state index in [9.17, 15) is 4.79 Å². The van der Waals surface area contributed by atoms with Crippen LogP contribution in [0.1, 0.15) is 64.2 Å². The van der Waals surface area contributed by atoms with E-state index in [1.54, 1.807) is 0 Å². The first-order chi connectivity index (χ1) is 7.88. The van der Waals surface area contributed by atoms with Crippen molar-refractivity contribution in [3.63, 3.8) is 0 Å². The molecule has 0 aromatic carbocycles. The Kier molecular flexibility index (Phi) is 4.37. The minimum absolute atomic E-state index is 0.0144. The quantitative estimate of drug-likeness (QED) is 0.590. The Bertz CT molecular complexity index is 273. The Labute approximate surface area is 97.2 Å². The van der Waals surface area contributed by atoms with Crippen molar-refractivity contribution in [3.05, 3.63) is 0 Å². The molecule has 0 aromatic heterocycles. The molecule has 1 aliphatic heterocycles. The van der Waals surface area contributed by atoms with Crippen LogP contribution in [0.15, 0.2) is 5.16 Å². The number of oxime groups is 1. The molecule has 3 nitrogen and oxygen atoms in total. The Morgan fingerprint density at radius 1 is 0.938 bits per heavy atom. The van der Waals surface area contributed by atoms with Gasteiger partial charge in [0, 0.05) is 0 Å². The Balaban J connectivity index is 1.89. The molecule has 0 aromatic rings. The number of hydrogen-bond acceptors (Lipinski definition) is 3. The first-order valence-electron chi connectivity index (χ1n) is 6.65. The van der Waals surface area contributed by atoms with Crippen molar-refractivity contribution in [2.75, 3.05) is 0 Å². The third kappa shape index (κ3) is 3.06. The van der Waals surface area contributed by atoms with Crippen molar-refractivity contribution in [2.45, 2.75) is 64.2 Å². The number of hydrogen-bond donors (Lipinski definition) is 0. The van der Waals surface area contributed by atoms with Gasteiger partial charge in [-0.05, 0) is 19.3 Å². The summed E-state index contributed by atoms with van der Waals surface area (Å²) in [6.07, 6.45) is 12.1. The molecule has 0 bridgehead atoms. The molecule has 1 saturated carbocycles. The summed E-state index contributed by atoms with van der Waals surface area (Å²) < 4.78 is 0. The summed E-state index contributed by atoms with van der Waals surface area (Å²) in [5.41, 5.74) is 1.01. The van der Waals surface area contributed by atoms with Crippen molar-refractivity contribution in [1.29, 1.82) is 0 Å². The third-order valence-corrected chi connectivity index (χ3v) is 3.62. The van der Waals surface area contributed by atoms with Crippen LogP contribution in [0.2, 0.25) is 0 Å². The van der Waals surface area contributed by atoms with E-state index in [1.807, 2.05) is 0 Å². The van der Waals surface area contributed by atoms with Crippen molar-refractivity contribution in [3.8, 4) is 0 Å². The number of rotatable bonds is 0. The SMILES string of the molecule is O=C1ON=C2CCCCCCCCCCC12. The van der Waals surface area contributed by atoms with E-state index in [0.717, 1.165) is 31.4 Å². The average molecular weight is 223 g/mol. The molecular weight excluding hydrogens is 202 g/mol. The number of carbonyl (C=O) groups excluding carboxylic acids is 1. The number of carbonyl (C=O) groups is 1. The molecule has 1 fully saturated rings. The molecule has 16 heavy (non-hydrogen) atoms. The normalized spacial score (nSPS) is 28.4. The standard InChI is InChI=1S/C13H21NO2/c15-13-11-9-7-5-3-1-2-4-6-8-10-12(11)14-16-13/h11H,1-10H2. The molecule has 90 valence electrons. The lowest BCUT2D eigenvalue weighted by Crippen LogP contribution is -2.18. The average Bonchev–Trinajstić information content (AvgIpc) is 2.60. The lowest BCUT2D eigenvalue weighted by molar-refractivity contribution is -0.143. The zero-order valence-corrected chi connectivity index (χ0v) is 9.91. The van der Waals surface area contributed by atoms with Gasteiger partial charge in [-0.2, -0.15) is 0 Å². The maximum absolute atomic E-state index is 11.5. The second-order valence-corrected chi connectivity index (χ2v) is 4.91. The molecule has 1 unspecified atom stereocenters. The van der Waals surface area contributed by atoms with Crippen molar-refractivity contribution in [2.24, 2.45) is 11.1 Å². The first kappa shape index (κ1) is 11.6. The molecule has 1 heterocycles. The summed E-state index contributed by atoms with van der Waals surface area (Å²) >= 11 is 0. The monoisotopic (exact) mass is 223 g/mol. The highest BCUT2D eigenvalue weighted by molar-refractivity contribution is 6.04. The molecule has 2 aliphatic rings. The van der Waals surface area contributed by atoms with E-state index in [1.165, 1.54) is 38.5 Å². The molecule has 0 amide bonds. The molecule has 0 radical (unpaired) electrons. The minimum Gasteiger partial charge on any atom is -0.318 e. The van der Waals surface area contributed by atoms with Crippen LogP contribution in [0.4, 0.5) is 0 Å². The predicted octanol–water partition coefficient (Wildman–Crippen LogP) is 3.43. The zero-order valence-electron chi connectivity index (χ0n) is 9.91. The Morgan fingerprint density at radius 2 is 1.56 bits per heavy atom. The second kappa shape index (κ2) is 6.02. The van der Waals surface area contributed by atoms with Gasteiger partial charge in [0.15, 0.2) is 0 Å². The molecule has 0 N–H and O–H groups in total. The van der Waals surface area contributed by atoms with Gasteiger partial charge in [0.25, 0.3) is 0 Å². The van der Waals surface area contributed by atoms with Crippen LogP contribution in [0.3, 0.4) is 0 Å². The highest BCUT2D eigenvalue weighted by Crippen LogP contribution is 2.24. The lowest BCUT2D eigenvalue weighted by Gasteiger charge is -2.10. The fraction of sp³-hybridized carbons (Fsp3) is 0.846. The molecule has 2 rings (SSSR count). The zero-order chi connectivity index (χ0) is 11.2. The van der Waals surface area contributed by atoms with Gasteiger partial charge in [0.05, 0.1) is 5.71 Å². The van der Waals surface area contributed by atoms with Crippen molar-refractivity contribution in [1.82, 2.24) is 0 Å². The van der Waals surface area contributed by atoms with Gasteiger partial charge in [-0.1, -0.05) is 50.1 Å². The lowest BCUT2D eigenvalue weighted by atomic mass is 9.92. The van der Waals surface area contributed by atoms with Gasteiger partial charge in [-0.15, -0.1) is 0 Å². The summed E-state index contributed by atoms with van der Waals surface area (Å²) in [7, 11) is 0. The molecule has 0 spiro atoms. The summed E-state index contributed by atoms with van der Waals surface area (Å²) in [5.74, 6) is -0.133. The molecule has 0 saturated heterocycles. The van der Waals surface area contributed by atoms with Crippen LogP contribution in [0.25, 0.3) is 0 Å². The fourth-order valence-electron chi connectivity index (χ4n) is 2.59. The van der Waals surface area contributed by atoms with E-state index in [0.29, 0.717) is 0 Å². The maximum Gasteiger partial charge on any atom is 0.343 e. The topological polar surface area (TPSA) is 38.7 Å². The maximum atomic E-state index is 11.5. The first-order valence-corrected chi connectivity index (χ1v) is 6.65. The third-order valence-electron chi connectivity index (χ3n) is 3.62. The highest BCUT2D eigenvalue weighted by Gasteiger charge is 2.31. The van der Waals surface area contributed by atoms with Gasteiger partial charge in [0.2, 0.25) is 0 Å². The fourth-order valence-corrected chi connectivity index (χ4v) is 2.59. The van der Waals surface area contributed by atoms with Crippen LogP contribution >= 0.6 is 0 Å². The molecule has 1 aliphatic carbocycles. The second-order valence-electron chi connectivity index (χ2n) is 4.91. The van der Waals surface area contributed by atoms with Crippen molar-refractivity contribution < 1.29 is 9.63 Å². The van der Waals surface area contributed by atoms with Gasteiger partial charge < -0.3 is 4.84 Å². The van der Waals surface area contributed by atoms with Gasteiger partial charge >= 0.3 is 5.97 Å². The van der Waals surface area contributed by atoms with E-state index in [4.69, 9.17) is 4.84 Å². The summed E-state index contributed by atoms with van der Waals surface area (Å²) in [4.78, 5) is 16.3. The summed E-state index contributed by atoms with van der Waals surface area (Å²) in [5, 5.41) is 3.93. The van der Waals surface area contributed by atoms with Gasteiger partial charge in [-0.25, -0.2) is 4.79 Å². The predicted molar refractivity (Wildman–Crippen MR) is 63.2 cm³/mol. The van der Waals surface area contributed by atoms with Gasteiger partial charge in [0.1, 0.15) is 5.92 Å². The molecular formula is C13H21NO2. The highest BCUT2D eigenvalue weighted by atomic mass is 16.7. The van der Waals surface area contributed by atoms with Gasteiger partial charge in [-0.3, -0.25) is 0 Å². The minimum atomic E-state index is -0.118. The van der Waals surface area contributed by atoms with E-state index >= 15 is 0 Å². The van der Waals surface area contributed by atoms with Crippen molar-refractivity contribution >= 4 is 11.7 Å². The summed E-state index contributed by atoms with van der Waals surface area (Å²) in [6.45, 7) is 0. The van der Waals surface area contributed by atoms with E-state index < -0.39 is 0 Å². The number of nitrogens with zero attached hydrogens (tertiary/aromatic N) is 1. The molecule has 3 heteroatoms. The summed E-state index contributed by atoms with van der Waals surface area (Å²) in [6, 6.07) is 0. The van der Waals surface area contributed by atoms with E-state index in [2.05, 4.69) is 5.16 Å². The van der Waals surface area contributed by atoms with Crippen LogP contribution in [0.5, 0.6) is 0 Å². The van der Waals surface area contributed by atoms with Crippen LogP contribution < -0.4 is 0 Å². The van der Waals surface area contributed by atoms with Crippen LogP contribution in [0, 0.1) is 5.92 Å². The molecule has 1 atom stereocenters. The number of fused-ring (bicyclic) bond motifs is 1. The Hall–Kier alpha value is -0.860. The smallest absolute Gasteiger partial charge is 0.318 e. The Morgan fingerprint density at radius 3 is 2.31 bits per heavy atom.